The molecule has 0 unspecified atom stereocenters. The molecular formula is C4H8Si2Zr+2. The van der Waals surface area contributed by atoms with E-state index in [2.05, 4.69) is 0 Å². The summed E-state index contributed by atoms with van der Waals surface area (Å²) in [5.74, 6) is 0. The van der Waals surface area contributed by atoms with Gasteiger partial charge in [0.2, 0.25) is 0 Å². The average Bonchev–Trinajstić information content (AvgIpc) is 1.69. The summed E-state index contributed by atoms with van der Waals surface area (Å²) in [6.45, 7) is 0. The molecule has 34 valence electrons. The Morgan fingerprint density at radius 2 is 1.86 bits per heavy atom. The Morgan fingerprint density at radius 3 is 2.14 bits per heavy atom. The first-order valence-electron chi connectivity index (χ1n) is 2.66. The molecule has 1 aliphatic rings. The van der Waals surface area contributed by atoms with Crippen molar-refractivity contribution in [1.29, 1.82) is 0 Å². The third-order valence-corrected chi connectivity index (χ3v) is 8.81. The molecule has 0 aliphatic carbocycles. The van der Waals surface area contributed by atoms with Gasteiger partial charge in [0.15, 0.2) is 0 Å². The Bertz CT molecular complexity index is 73.8. The molecule has 1 heterocycles. The van der Waals surface area contributed by atoms with Gasteiger partial charge in [0.05, 0.1) is 0 Å². The van der Waals surface area contributed by atoms with Crippen LogP contribution in [0.15, 0.2) is 0 Å². The summed E-state index contributed by atoms with van der Waals surface area (Å²) >= 11 is 1.88. The van der Waals surface area contributed by atoms with Gasteiger partial charge in [-0.25, -0.2) is 0 Å². The van der Waals surface area contributed by atoms with E-state index in [-0.39, 0.29) is 0 Å². The summed E-state index contributed by atoms with van der Waals surface area (Å²) < 4.78 is 0. The SMILES string of the molecule is [Zr+2]=[Si]1CC[Si]CC1. The molecule has 0 aromatic heterocycles. The maximum absolute atomic E-state index is 1.88. The van der Waals surface area contributed by atoms with Crippen LogP contribution in [-0.2, 0) is 23.3 Å². The second-order valence-corrected chi connectivity index (χ2v) is 10.8. The monoisotopic (exact) mass is 202 g/mol. The van der Waals surface area contributed by atoms with Crippen molar-refractivity contribution in [3.63, 3.8) is 0 Å². The van der Waals surface area contributed by atoms with E-state index in [1.165, 1.54) is 9.52 Å². The summed E-state index contributed by atoms with van der Waals surface area (Å²) in [5.41, 5.74) is 0.304. The molecule has 1 fully saturated rings. The van der Waals surface area contributed by atoms with Gasteiger partial charge in [-0.2, -0.15) is 0 Å². The molecule has 1 aliphatic heterocycles. The van der Waals surface area contributed by atoms with Gasteiger partial charge in [-0.1, -0.05) is 0 Å². The second-order valence-electron chi connectivity index (χ2n) is 1.85. The molecule has 3 heteroatoms. The molecule has 0 nitrogen and oxygen atoms in total. The molecule has 0 aromatic carbocycles. The van der Waals surface area contributed by atoms with Crippen LogP contribution in [0.1, 0.15) is 0 Å². The van der Waals surface area contributed by atoms with Crippen molar-refractivity contribution in [3.8, 4) is 0 Å². The predicted octanol–water partition coefficient (Wildman–Crippen LogP) is 1.08. The van der Waals surface area contributed by atoms with E-state index in [1.807, 2.05) is 23.3 Å². The van der Waals surface area contributed by atoms with Crippen LogP contribution in [0.25, 0.3) is 0 Å². The first-order chi connectivity index (χ1) is 3.39. The van der Waals surface area contributed by atoms with E-state index in [4.69, 9.17) is 0 Å². The Kier molecular flexibility index (Phi) is 3.09. The number of rotatable bonds is 0. The van der Waals surface area contributed by atoms with Crippen LogP contribution in [0.5, 0.6) is 0 Å². The Hall–Kier alpha value is 1.32. The van der Waals surface area contributed by atoms with E-state index in [0.29, 0.717) is 5.43 Å². The van der Waals surface area contributed by atoms with Crippen LogP contribution >= 0.6 is 0 Å². The fourth-order valence-electron chi connectivity index (χ4n) is 0.729. The van der Waals surface area contributed by atoms with Crippen LogP contribution in [0.4, 0.5) is 0 Å². The summed E-state index contributed by atoms with van der Waals surface area (Å²) in [6, 6.07) is 6.45. The molecule has 0 N–H and O–H groups in total. The number of hydrogen-bond donors (Lipinski definition) is 0. The molecule has 1 rings (SSSR count). The molecule has 0 atom stereocenters. The van der Waals surface area contributed by atoms with Crippen molar-refractivity contribution in [2.75, 3.05) is 0 Å². The van der Waals surface area contributed by atoms with Gasteiger partial charge in [0.25, 0.3) is 0 Å². The minimum absolute atomic E-state index is 0.304. The topological polar surface area (TPSA) is 0 Å². The van der Waals surface area contributed by atoms with Gasteiger partial charge in [0, 0.05) is 0 Å². The van der Waals surface area contributed by atoms with Crippen LogP contribution < -0.4 is 0 Å². The molecule has 2 radical (unpaired) electrons. The zero-order chi connectivity index (χ0) is 5.11. The molecule has 0 aromatic rings. The molecule has 0 amide bonds. The van der Waals surface area contributed by atoms with E-state index in [0.717, 1.165) is 0 Å². The zero-order valence-corrected chi connectivity index (χ0v) is 8.79. The Morgan fingerprint density at radius 1 is 1.29 bits per heavy atom. The molecular weight excluding hydrogens is 195 g/mol. The number of hydrogen-bond acceptors (Lipinski definition) is 0. The predicted molar refractivity (Wildman–Crippen MR) is 30.7 cm³/mol. The van der Waals surface area contributed by atoms with Crippen molar-refractivity contribution in [2.24, 2.45) is 0 Å². The summed E-state index contributed by atoms with van der Waals surface area (Å²) in [6.07, 6.45) is 0. The minimum atomic E-state index is 0.304. The molecule has 0 saturated carbocycles. The molecule has 7 heavy (non-hydrogen) atoms. The van der Waals surface area contributed by atoms with E-state index in [1.54, 1.807) is 24.2 Å². The van der Waals surface area contributed by atoms with Crippen LogP contribution in [-0.4, -0.2) is 15.0 Å². The van der Waals surface area contributed by atoms with Gasteiger partial charge < -0.3 is 0 Å². The van der Waals surface area contributed by atoms with Crippen molar-refractivity contribution < 1.29 is 23.3 Å². The summed E-state index contributed by atoms with van der Waals surface area (Å²) in [7, 11) is 1.33. The first kappa shape index (κ1) is 6.44. The summed E-state index contributed by atoms with van der Waals surface area (Å²) in [5, 5.41) is 0. The van der Waals surface area contributed by atoms with Crippen molar-refractivity contribution in [3.05, 3.63) is 0 Å². The van der Waals surface area contributed by atoms with E-state index < -0.39 is 0 Å². The fourth-order valence-corrected chi connectivity index (χ4v) is 10.6. The third kappa shape index (κ3) is 2.38. The zero-order valence-electron chi connectivity index (χ0n) is 4.33. The van der Waals surface area contributed by atoms with Crippen LogP contribution in [0.2, 0.25) is 24.2 Å². The maximum atomic E-state index is 1.88. The van der Waals surface area contributed by atoms with Gasteiger partial charge >= 0.3 is 62.5 Å². The average molecular weight is 204 g/mol. The van der Waals surface area contributed by atoms with Crippen LogP contribution in [0, 0.1) is 0 Å². The Labute approximate surface area is 62.3 Å². The molecule has 0 bridgehead atoms. The van der Waals surface area contributed by atoms with Crippen molar-refractivity contribution in [1.82, 2.24) is 0 Å². The van der Waals surface area contributed by atoms with E-state index in [9.17, 15) is 0 Å². The molecule has 1 saturated heterocycles. The van der Waals surface area contributed by atoms with Gasteiger partial charge in [-0.15, -0.1) is 0 Å². The van der Waals surface area contributed by atoms with Gasteiger partial charge in [-0.3, -0.25) is 0 Å². The van der Waals surface area contributed by atoms with Crippen molar-refractivity contribution in [2.45, 2.75) is 24.2 Å². The summed E-state index contributed by atoms with van der Waals surface area (Å²) in [4.78, 5) is 0. The normalized spacial score (nSPS) is 22.9. The van der Waals surface area contributed by atoms with Gasteiger partial charge in [0.1, 0.15) is 0 Å². The fraction of sp³-hybridized carbons (Fsp3) is 1.00. The third-order valence-electron chi connectivity index (χ3n) is 1.21. The quantitative estimate of drug-likeness (QED) is 0.517. The second kappa shape index (κ2) is 3.36. The standard InChI is InChI=1S/C4H8Si2.Zr/c1-2-6-4-3-5-1;/h1-4H2;/q;+2. The molecule has 0 spiro atoms. The first-order valence-corrected chi connectivity index (χ1v) is 9.68. The van der Waals surface area contributed by atoms with Crippen LogP contribution in [0.3, 0.4) is 0 Å². The van der Waals surface area contributed by atoms with E-state index >= 15 is 0 Å². The van der Waals surface area contributed by atoms with Crippen molar-refractivity contribution >= 4 is 15.0 Å². The van der Waals surface area contributed by atoms with Gasteiger partial charge in [-0.05, 0) is 0 Å². The Balaban J connectivity index is 2.25.